The molecule has 1 saturated carbocycles. The summed E-state index contributed by atoms with van der Waals surface area (Å²) >= 11 is 0. The van der Waals surface area contributed by atoms with Crippen LogP contribution < -0.4 is 5.73 Å². The number of hydrogen-bond donors (Lipinski definition) is 1. The molecule has 0 aliphatic heterocycles. The average molecular weight is 199 g/mol. The van der Waals surface area contributed by atoms with Crippen LogP contribution in [0.1, 0.15) is 51.9 Å². The fourth-order valence-electron chi connectivity index (χ4n) is 2.68. The molecule has 14 heavy (non-hydrogen) atoms. The SMILES string of the molecule is CCC[C@H](N)C(OC)C1CCCCC1. The van der Waals surface area contributed by atoms with E-state index >= 15 is 0 Å². The maximum absolute atomic E-state index is 6.14. The molecule has 0 bridgehead atoms. The van der Waals surface area contributed by atoms with Gasteiger partial charge in [-0.1, -0.05) is 32.6 Å². The minimum Gasteiger partial charge on any atom is -0.380 e. The fourth-order valence-corrected chi connectivity index (χ4v) is 2.68. The van der Waals surface area contributed by atoms with Crippen molar-refractivity contribution in [2.24, 2.45) is 11.7 Å². The molecule has 0 spiro atoms. The summed E-state index contributed by atoms with van der Waals surface area (Å²) in [5.41, 5.74) is 6.14. The van der Waals surface area contributed by atoms with E-state index in [-0.39, 0.29) is 6.04 Å². The minimum atomic E-state index is 0.244. The predicted octanol–water partition coefficient (Wildman–Crippen LogP) is 2.71. The molecule has 1 rings (SSSR count). The van der Waals surface area contributed by atoms with Crippen molar-refractivity contribution in [2.75, 3.05) is 7.11 Å². The van der Waals surface area contributed by atoms with Gasteiger partial charge < -0.3 is 10.5 Å². The Balaban J connectivity index is 2.41. The van der Waals surface area contributed by atoms with Crippen LogP contribution >= 0.6 is 0 Å². The second-order valence-corrected chi connectivity index (χ2v) is 4.55. The van der Waals surface area contributed by atoms with E-state index in [0.29, 0.717) is 6.10 Å². The molecule has 2 heteroatoms. The Hall–Kier alpha value is -0.0800. The Kier molecular flexibility index (Phi) is 5.49. The standard InChI is InChI=1S/C12H25NO/c1-3-7-11(13)12(14-2)10-8-5-4-6-9-10/h10-12H,3-9,13H2,1-2H3/t11-,12?/m0/s1. The molecular weight excluding hydrogens is 174 g/mol. The molecule has 2 nitrogen and oxygen atoms in total. The lowest BCUT2D eigenvalue weighted by Crippen LogP contribution is -2.42. The van der Waals surface area contributed by atoms with Crippen molar-refractivity contribution in [1.29, 1.82) is 0 Å². The van der Waals surface area contributed by atoms with E-state index in [2.05, 4.69) is 6.92 Å². The van der Waals surface area contributed by atoms with Crippen molar-refractivity contribution < 1.29 is 4.74 Å². The second kappa shape index (κ2) is 6.41. The summed E-state index contributed by atoms with van der Waals surface area (Å²) in [6, 6.07) is 0.244. The first kappa shape index (κ1) is 12.0. The fraction of sp³-hybridized carbons (Fsp3) is 1.00. The third-order valence-corrected chi connectivity index (χ3v) is 3.43. The van der Waals surface area contributed by atoms with Gasteiger partial charge in [0.1, 0.15) is 0 Å². The van der Waals surface area contributed by atoms with Gasteiger partial charge in [-0.2, -0.15) is 0 Å². The highest BCUT2D eigenvalue weighted by Gasteiger charge is 2.27. The van der Waals surface area contributed by atoms with Crippen molar-refractivity contribution in [2.45, 2.75) is 64.0 Å². The van der Waals surface area contributed by atoms with Crippen molar-refractivity contribution in [3.8, 4) is 0 Å². The molecule has 84 valence electrons. The van der Waals surface area contributed by atoms with Crippen LogP contribution in [0.5, 0.6) is 0 Å². The first-order chi connectivity index (χ1) is 6.79. The molecule has 0 heterocycles. The highest BCUT2D eigenvalue weighted by molar-refractivity contribution is 4.82. The quantitative estimate of drug-likeness (QED) is 0.739. The number of ether oxygens (including phenoxy) is 1. The van der Waals surface area contributed by atoms with Crippen LogP contribution in [0.3, 0.4) is 0 Å². The topological polar surface area (TPSA) is 35.2 Å². The zero-order chi connectivity index (χ0) is 10.4. The van der Waals surface area contributed by atoms with E-state index in [1.54, 1.807) is 0 Å². The molecule has 2 atom stereocenters. The molecule has 0 aromatic carbocycles. The van der Waals surface area contributed by atoms with Crippen LogP contribution in [0.2, 0.25) is 0 Å². The molecule has 0 amide bonds. The van der Waals surface area contributed by atoms with E-state index < -0.39 is 0 Å². The Morgan fingerprint density at radius 1 is 1.29 bits per heavy atom. The van der Waals surface area contributed by atoms with Gasteiger partial charge in [-0.25, -0.2) is 0 Å². The zero-order valence-corrected chi connectivity index (χ0v) is 9.67. The molecule has 0 aromatic heterocycles. The molecule has 1 aliphatic rings. The predicted molar refractivity (Wildman–Crippen MR) is 60.3 cm³/mol. The number of hydrogen-bond acceptors (Lipinski definition) is 2. The maximum atomic E-state index is 6.14. The van der Waals surface area contributed by atoms with Crippen LogP contribution in [0.25, 0.3) is 0 Å². The number of rotatable bonds is 5. The maximum Gasteiger partial charge on any atom is 0.0750 e. The summed E-state index contributed by atoms with van der Waals surface area (Å²) in [5, 5.41) is 0. The first-order valence-corrected chi connectivity index (χ1v) is 6.08. The second-order valence-electron chi connectivity index (χ2n) is 4.55. The monoisotopic (exact) mass is 199 g/mol. The molecule has 0 radical (unpaired) electrons. The third kappa shape index (κ3) is 3.25. The van der Waals surface area contributed by atoms with E-state index in [9.17, 15) is 0 Å². The van der Waals surface area contributed by atoms with Gasteiger partial charge in [-0.3, -0.25) is 0 Å². The average Bonchev–Trinajstić information content (AvgIpc) is 2.21. The number of methoxy groups -OCH3 is 1. The molecule has 2 N–H and O–H groups in total. The Morgan fingerprint density at radius 2 is 1.93 bits per heavy atom. The van der Waals surface area contributed by atoms with Gasteiger partial charge in [0, 0.05) is 13.2 Å². The van der Waals surface area contributed by atoms with Gasteiger partial charge in [-0.15, -0.1) is 0 Å². The van der Waals surface area contributed by atoms with Gasteiger partial charge in [0.25, 0.3) is 0 Å². The van der Waals surface area contributed by atoms with Gasteiger partial charge in [0.2, 0.25) is 0 Å². The van der Waals surface area contributed by atoms with E-state index in [1.807, 2.05) is 7.11 Å². The molecular formula is C12H25NO. The Labute approximate surface area is 88.2 Å². The molecule has 0 aromatic rings. The van der Waals surface area contributed by atoms with E-state index in [0.717, 1.165) is 18.8 Å². The third-order valence-electron chi connectivity index (χ3n) is 3.43. The molecule has 1 fully saturated rings. The minimum absolute atomic E-state index is 0.244. The first-order valence-electron chi connectivity index (χ1n) is 6.08. The van der Waals surface area contributed by atoms with Crippen molar-refractivity contribution in [1.82, 2.24) is 0 Å². The highest BCUT2D eigenvalue weighted by Crippen LogP contribution is 2.29. The summed E-state index contributed by atoms with van der Waals surface area (Å²) in [5.74, 6) is 0.718. The lowest BCUT2D eigenvalue weighted by molar-refractivity contribution is 0.0158. The summed E-state index contributed by atoms with van der Waals surface area (Å²) in [7, 11) is 1.81. The van der Waals surface area contributed by atoms with Crippen LogP contribution in [0, 0.1) is 5.92 Å². The van der Waals surface area contributed by atoms with Crippen LogP contribution in [0.4, 0.5) is 0 Å². The van der Waals surface area contributed by atoms with Crippen molar-refractivity contribution >= 4 is 0 Å². The largest absolute Gasteiger partial charge is 0.380 e. The van der Waals surface area contributed by atoms with Crippen molar-refractivity contribution in [3.05, 3.63) is 0 Å². The lowest BCUT2D eigenvalue weighted by Gasteiger charge is -2.33. The lowest BCUT2D eigenvalue weighted by atomic mass is 9.82. The van der Waals surface area contributed by atoms with Crippen LogP contribution in [-0.4, -0.2) is 19.3 Å². The van der Waals surface area contributed by atoms with Gasteiger partial charge in [0.15, 0.2) is 0 Å². The molecule has 1 aliphatic carbocycles. The summed E-state index contributed by atoms with van der Waals surface area (Å²) in [6.07, 6.45) is 9.31. The van der Waals surface area contributed by atoms with Gasteiger partial charge in [-0.05, 0) is 25.2 Å². The van der Waals surface area contributed by atoms with Crippen LogP contribution in [-0.2, 0) is 4.74 Å². The number of nitrogens with two attached hydrogens (primary N) is 1. The van der Waals surface area contributed by atoms with Gasteiger partial charge >= 0.3 is 0 Å². The van der Waals surface area contributed by atoms with E-state index in [1.165, 1.54) is 32.1 Å². The Bertz CT molecular complexity index is 143. The molecule has 1 unspecified atom stereocenters. The highest BCUT2D eigenvalue weighted by atomic mass is 16.5. The normalized spacial score (nSPS) is 23.4. The molecule has 0 saturated heterocycles. The smallest absolute Gasteiger partial charge is 0.0750 e. The van der Waals surface area contributed by atoms with Crippen molar-refractivity contribution in [3.63, 3.8) is 0 Å². The van der Waals surface area contributed by atoms with Gasteiger partial charge in [0.05, 0.1) is 6.10 Å². The Morgan fingerprint density at radius 3 is 2.43 bits per heavy atom. The zero-order valence-electron chi connectivity index (χ0n) is 9.67. The summed E-state index contributed by atoms with van der Waals surface area (Å²) < 4.78 is 5.58. The summed E-state index contributed by atoms with van der Waals surface area (Å²) in [4.78, 5) is 0. The van der Waals surface area contributed by atoms with E-state index in [4.69, 9.17) is 10.5 Å². The summed E-state index contributed by atoms with van der Waals surface area (Å²) in [6.45, 7) is 2.19. The van der Waals surface area contributed by atoms with Crippen LogP contribution in [0.15, 0.2) is 0 Å².